The summed E-state index contributed by atoms with van der Waals surface area (Å²) >= 11 is 3.13. The summed E-state index contributed by atoms with van der Waals surface area (Å²) in [5.41, 5.74) is 0.894. The summed E-state index contributed by atoms with van der Waals surface area (Å²) in [5, 5.41) is 4.62. The zero-order chi connectivity index (χ0) is 18.4. The first kappa shape index (κ1) is 16.7. The second-order valence-corrected chi connectivity index (χ2v) is 8.67. The summed E-state index contributed by atoms with van der Waals surface area (Å²) in [6.07, 6.45) is 5.51. The van der Waals surface area contributed by atoms with Crippen molar-refractivity contribution >= 4 is 50.1 Å². The van der Waals surface area contributed by atoms with Crippen LogP contribution in [-0.4, -0.2) is 50.3 Å². The number of benzene rings is 1. The lowest BCUT2D eigenvalue weighted by atomic mass is 10.0. The number of amides is 1. The topological polar surface area (TPSA) is 75.4 Å². The molecule has 9 heteroatoms. The molecule has 0 bridgehead atoms. The fourth-order valence-electron chi connectivity index (χ4n) is 3.10. The fourth-order valence-corrected chi connectivity index (χ4v) is 4.98. The molecular formula is C18H16N6OS2. The van der Waals surface area contributed by atoms with Gasteiger partial charge in [0.1, 0.15) is 5.03 Å². The van der Waals surface area contributed by atoms with E-state index in [-0.39, 0.29) is 11.8 Å². The Balaban J connectivity index is 1.36. The first-order chi connectivity index (χ1) is 13.2. The molecule has 0 radical (unpaired) electrons. The average molecular weight is 397 g/mol. The number of thiazole rings is 1. The number of aromatic nitrogens is 4. The molecule has 1 amide bonds. The number of nitrogens with zero attached hydrogens (tertiary/aromatic N) is 5. The van der Waals surface area contributed by atoms with Crippen molar-refractivity contribution in [1.29, 1.82) is 0 Å². The van der Waals surface area contributed by atoms with Gasteiger partial charge in [0.05, 0.1) is 22.3 Å². The van der Waals surface area contributed by atoms with Crippen LogP contribution in [0.1, 0.15) is 0 Å². The van der Waals surface area contributed by atoms with Crippen molar-refractivity contribution in [3.63, 3.8) is 0 Å². The van der Waals surface area contributed by atoms with Gasteiger partial charge in [-0.1, -0.05) is 23.1 Å². The molecule has 7 nitrogen and oxygen atoms in total. The number of anilines is 1. The monoisotopic (exact) mass is 396 g/mol. The molecule has 4 aromatic rings. The third-order valence-corrected chi connectivity index (χ3v) is 6.44. The van der Waals surface area contributed by atoms with Crippen molar-refractivity contribution < 1.29 is 4.79 Å². The zero-order valence-electron chi connectivity index (χ0n) is 14.5. The summed E-state index contributed by atoms with van der Waals surface area (Å²) in [6, 6.07) is 8.01. The van der Waals surface area contributed by atoms with Gasteiger partial charge >= 0.3 is 0 Å². The maximum absolute atomic E-state index is 12.2. The molecule has 4 heterocycles. The summed E-state index contributed by atoms with van der Waals surface area (Å²) in [4.78, 5) is 28.5. The number of imidazole rings is 1. The number of rotatable bonds is 4. The lowest BCUT2D eigenvalue weighted by Crippen LogP contribution is -2.49. The Bertz CT molecular complexity index is 1150. The van der Waals surface area contributed by atoms with Crippen LogP contribution in [0.15, 0.2) is 52.8 Å². The van der Waals surface area contributed by atoms with E-state index >= 15 is 0 Å². The van der Waals surface area contributed by atoms with Gasteiger partial charge in [0.15, 0.2) is 5.13 Å². The van der Waals surface area contributed by atoms with Crippen molar-refractivity contribution in [1.82, 2.24) is 24.3 Å². The molecule has 1 aromatic carbocycles. The van der Waals surface area contributed by atoms with Crippen molar-refractivity contribution in [2.24, 2.45) is 5.92 Å². The van der Waals surface area contributed by atoms with Crippen LogP contribution in [0.4, 0.5) is 5.13 Å². The van der Waals surface area contributed by atoms with Gasteiger partial charge in [0, 0.05) is 30.4 Å². The van der Waals surface area contributed by atoms with Crippen molar-refractivity contribution in [3.05, 3.63) is 42.9 Å². The van der Waals surface area contributed by atoms with E-state index in [0.29, 0.717) is 10.9 Å². The Kier molecular flexibility index (Phi) is 4.07. The number of hydrogen-bond acceptors (Lipinski definition) is 7. The number of hydrogen-bond donors (Lipinski definition) is 1. The summed E-state index contributed by atoms with van der Waals surface area (Å²) in [5.74, 6) is 0.808. The first-order valence-electron chi connectivity index (χ1n) is 8.52. The van der Waals surface area contributed by atoms with Gasteiger partial charge in [0.25, 0.3) is 0 Å². The van der Waals surface area contributed by atoms with Crippen LogP contribution in [0.2, 0.25) is 0 Å². The molecule has 0 saturated carbocycles. The highest BCUT2D eigenvalue weighted by Crippen LogP contribution is 2.33. The van der Waals surface area contributed by atoms with E-state index in [4.69, 9.17) is 0 Å². The predicted molar refractivity (Wildman–Crippen MR) is 106 cm³/mol. The van der Waals surface area contributed by atoms with Gasteiger partial charge in [-0.25, -0.2) is 15.0 Å². The molecule has 1 fully saturated rings. The minimum absolute atomic E-state index is 0.0555. The highest BCUT2D eigenvalue weighted by Gasteiger charge is 2.30. The number of nitrogens with one attached hydrogen (secondary N) is 1. The highest BCUT2D eigenvalue weighted by atomic mass is 32.2. The minimum Gasteiger partial charge on any atom is -0.305 e. The lowest BCUT2D eigenvalue weighted by Gasteiger charge is -2.34. The van der Waals surface area contributed by atoms with E-state index in [0.717, 1.165) is 33.2 Å². The quantitative estimate of drug-likeness (QED) is 0.572. The van der Waals surface area contributed by atoms with Gasteiger partial charge in [-0.15, -0.1) is 0 Å². The number of carbonyl (C=O) groups excluding carboxylic acids is 1. The van der Waals surface area contributed by atoms with E-state index in [9.17, 15) is 4.79 Å². The van der Waals surface area contributed by atoms with Crippen LogP contribution in [0.3, 0.4) is 0 Å². The van der Waals surface area contributed by atoms with E-state index in [1.807, 2.05) is 42.0 Å². The van der Waals surface area contributed by atoms with Crippen LogP contribution < -0.4 is 5.32 Å². The van der Waals surface area contributed by atoms with Crippen molar-refractivity contribution in [3.8, 4) is 0 Å². The SMILES string of the molecule is CN1CC(C(=O)Nc2nc3ccc(Sc4cnc5ncccn45)cc3s2)C1. The minimum atomic E-state index is 0.0555. The Morgan fingerprint density at radius 2 is 2.22 bits per heavy atom. The Morgan fingerprint density at radius 1 is 1.33 bits per heavy atom. The van der Waals surface area contributed by atoms with E-state index < -0.39 is 0 Å². The van der Waals surface area contributed by atoms with E-state index in [2.05, 4.69) is 31.2 Å². The molecule has 0 atom stereocenters. The molecule has 136 valence electrons. The molecule has 3 aromatic heterocycles. The molecule has 1 N–H and O–H groups in total. The molecule has 0 spiro atoms. The van der Waals surface area contributed by atoms with Gasteiger partial charge in [-0.2, -0.15) is 0 Å². The largest absolute Gasteiger partial charge is 0.305 e. The Hall–Kier alpha value is -2.49. The lowest BCUT2D eigenvalue weighted by molar-refractivity contribution is -0.124. The van der Waals surface area contributed by atoms with E-state index in [1.54, 1.807) is 18.0 Å². The van der Waals surface area contributed by atoms with E-state index in [1.165, 1.54) is 11.3 Å². The van der Waals surface area contributed by atoms with Crippen molar-refractivity contribution in [2.45, 2.75) is 9.92 Å². The molecule has 0 unspecified atom stereocenters. The number of carbonyl (C=O) groups is 1. The fraction of sp³-hybridized carbons (Fsp3) is 0.222. The molecule has 1 aliphatic rings. The van der Waals surface area contributed by atoms with Crippen LogP contribution in [0.25, 0.3) is 16.0 Å². The van der Waals surface area contributed by atoms with Gasteiger partial charge < -0.3 is 10.2 Å². The third kappa shape index (κ3) is 3.18. The zero-order valence-corrected chi connectivity index (χ0v) is 16.1. The Morgan fingerprint density at radius 3 is 3.07 bits per heavy atom. The summed E-state index contributed by atoms with van der Waals surface area (Å²) in [7, 11) is 2.01. The number of likely N-dealkylation sites (tertiary alicyclic amines) is 1. The molecule has 27 heavy (non-hydrogen) atoms. The molecular weight excluding hydrogens is 380 g/mol. The predicted octanol–water partition coefficient (Wildman–Crippen LogP) is 2.99. The third-order valence-electron chi connectivity index (χ3n) is 4.50. The smallest absolute Gasteiger partial charge is 0.234 e. The van der Waals surface area contributed by atoms with Gasteiger partial charge in [0.2, 0.25) is 11.7 Å². The molecule has 0 aliphatic carbocycles. The standard InChI is InChI=1S/C18H16N6OS2/c1-23-9-11(10-23)16(25)22-18-21-13-4-3-12(7-14(13)27-18)26-15-8-20-17-19-5-2-6-24(15)17/h2-8,11H,9-10H2,1H3,(H,21,22,25). The second kappa shape index (κ2) is 6.59. The van der Waals surface area contributed by atoms with Crippen LogP contribution in [-0.2, 0) is 4.79 Å². The second-order valence-electron chi connectivity index (χ2n) is 6.54. The maximum atomic E-state index is 12.2. The highest BCUT2D eigenvalue weighted by molar-refractivity contribution is 7.99. The Labute approximate surface area is 163 Å². The van der Waals surface area contributed by atoms with Crippen LogP contribution in [0, 0.1) is 5.92 Å². The molecule has 5 rings (SSSR count). The maximum Gasteiger partial charge on any atom is 0.234 e. The first-order valence-corrected chi connectivity index (χ1v) is 10.1. The summed E-state index contributed by atoms with van der Waals surface area (Å²) in [6.45, 7) is 1.62. The summed E-state index contributed by atoms with van der Waals surface area (Å²) < 4.78 is 3.01. The molecule has 1 aliphatic heterocycles. The van der Waals surface area contributed by atoms with Gasteiger partial charge in [-0.05, 0) is 31.3 Å². The van der Waals surface area contributed by atoms with Gasteiger partial charge in [-0.3, -0.25) is 9.20 Å². The van der Waals surface area contributed by atoms with Crippen molar-refractivity contribution in [2.75, 3.05) is 25.5 Å². The average Bonchev–Trinajstić information content (AvgIpc) is 3.22. The van der Waals surface area contributed by atoms with Crippen LogP contribution >= 0.6 is 23.1 Å². The number of fused-ring (bicyclic) bond motifs is 2. The normalized spacial score (nSPS) is 15.3. The van der Waals surface area contributed by atoms with Crippen LogP contribution in [0.5, 0.6) is 0 Å². The molecule has 1 saturated heterocycles.